The van der Waals surface area contributed by atoms with Crippen molar-refractivity contribution in [2.45, 2.75) is 61.8 Å². The lowest BCUT2D eigenvalue weighted by molar-refractivity contribution is -0.124. The average Bonchev–Trinajstić information content (AvgIpc) is 2.96. The first-order valence-electron chi connectivity index (χ1n) is 13.0. The Balaban J connectivity index is 2.34. The summed E-state index contributed by atoms with van der Waals surface area (Å²) in [6, 6.07) is 14.6. The molecule has 0 atom stereocenters. The van der Waals surface area contributed by atoms with Gasteiger partial charge < -0.3 is 0 Å². The molecule has 2 aromatic rings. The van der Waals surface area contributed by atoms with Crippen molar-refractivity contribution in [3.63, 3.8) is 0 Å². The summed E-state index contributed by atoms with van der Waals surface area (Å²) in [5.74, 6) is -1.44. The van der Waals surface area contributed by atoms with Crippen molar-refractivity contribution in [2.24, 2.45) is 0 Å². The van der Waals surface area contributed by atoms with Crippen LogP contribution in [0.15, 0.2) is 95.1 Å². The second kappa shape index (κ2) is 14.0. The smallest absolute Gasteiger partial charge is 0.260 e. The van der Waals surface area contributed by atoms with Gasteiger partial charge in [-0.05, 0) is 97.2 Å². The molecule has 0 spiro atoms. The number of allylic oxidation sites excluding steroid dienone is 4. The van der Waals surface area contributed by atoms with Crippen molar-refractivity contribution >= 4 is 35.0 Å². The highest BCUT2D eigenvalue weighted by molar-refractivity contribution is 6.25. The van der Waals surface area contributed by atoms with Gasteiger partial charge in [-0.15, -0.1) is 0 Å². The Labute approximate surface area is 232 Å². The monoisotopic (exact) mass is 526 g/mol. The lowest BCUT2D eigenvalue weighted by Gasteiger charge is -2.22. The maximum Gasteiger partial charge on any atom is 0.260 e. The van der Waals surface area contributed by atoms with Crippen LogP contribution in [-0.4, -0.2) is 23.6 Å². The number of rotatable bonds is 8. The molecule has 0 unspecified atom stereocenters. The van der Waals surface area contributed by atoms with Crippen molar-refractivity contribution in [3.8, 4) is 0 Å². The molecule has 0 saturated heterocycles. The zero-order chi connectivity index (χ0) is 29.3. The van der Waals surface area contributed by atoms with Gasteiger partial charge in [0.05, 0.1) is 11.4 Å². The van der Waals surface area contributed by atoms with Crippen molar-refractivity contribution in [3.05, 3.63) is 106 Å². The van der Waals surface area contributed by atoms with Crippen LogP contribution in [0.5, 0.6) is 0 Å². The first kappa shape index (κ1) is 30.9. The fourth-order valence-electron chi connectivity index (χ4n) is 3.61. The van der Waals surface area contributed by atoms with Crippen LogP contribution in [0.3, 0.4) is 0 Å². The van der Waals surface area contributed by atoms with E-state index >= 15 is 0 Å². The van der Waals surface area contributed by atoms with E-state index < -0.39 is 0 Å². The SMILES string of the molecule is C/C=C(\C)C(=O)N(C(=O)/C(C)=C/C)c1ccc(Cc2ccc(N(C(=O)/C(C)=C/C)C(=O)/C(C)=C/C)cc2)cc1. The topological polar surface area (TPSA) is 74.8 Å². The van der Waals surface area contributed by atoms with Crippen molar-refractivity contribution in [1.82, 2.24) is 0 Å². The fraction of sp³-hybridized carbons (Fsp3) is 0.273. The van der Waals surface area contributed by atoms with E-state index in [4.69, 9.17) is 0 Å². The molecule has 6 nitrogen and oxygen atoms in total. The number of hydrogen-bond acceptors (Lipinski definition) is 4. The van der Waals surface area contributed by atoms with Gasteiger partial charge >= 0.3 is 0 Å². The van der Waals surface area contributed by atoms with Crippen LogP contribution in [0.4, 0.5) is 11.4 Å². The number of carbonyl (C=O) groups excluding carboxylic acids is 4. The second-order valence-electron chi connectivity index (χ2n) is 9.29. The standard InChI is InChI=1S/C33H38N2O4/c1-9-22(5)30(36)34(31(37)23(6)10-2)28-17-13-26(14-18-28)21-27-15-19-29(20-16-27)35(32(38)24(7)11-3)33(39)25(8)12-4/h9-20H,21H2,1-8H3/b22-9+,23-10+,24-11+,25-12+. The zero-order valence-corrected chi connectivity index (χ0v) is 24.2. The fourth-order valence-corrected chi connectivity index (χ4v) is 3.61. The molecule has 39 heavy (non-hydrogen) atoms. The molecule has 2 aromatic carbocycles. The highest BCUT2D eigenvalue weighted by Crippen LogP contribution is 2.24. The molecule has 2 rings (SSSR count). The summed E-state index contributed by atoms with van der Waals surface area (Å²) in [6.07, 6.45) is 7.34. The quantitative estimate of drug-likeness (QED) is 0.352. The Morgan fingerprint density at radius 2 is 0.718 bits per heavy atom. The molecule has 0 N–H and O–H groups in total. The van der Waals surface area contributed by atoms with Crippen molar-refractivity contribution < 1.29 is 19.2 Å². The van der Waals surface area contributed by atoms with E-state index in [1.165, 1.54) is 9.80 Å². The molecule has 0 heterocycles. The van der Waals surface area contributed by atoms with Crippen molar-refractivity contribution in [2.75, 3.05) is 9.80 Å². The summed E-state index contributed by atoms with van der Waals surface area (Å²) in [7, 11) is 0. The molecule has 4 amide bonds. The van der Waals surface area contributed by atoms with Gasteiger partial charge in [0.1, 0.15) is 0 Å². The average molecular weight is 527 g/mol. The Morgan fingerprint density at radius 3 is 0.923 bits per heavy atom. The molecule has 0 aliphatic carbocycles. The minimum Gasteiger partial charge on any atom is -0.269 e. The molecule has 6 heteroatoms. The van der Waals surface area contributed by atoms with Gasteiger partial charge in [-0.2, -0.15) is 0 Å². The Kier molecular flexibility index (Phi) is 11.1. The molecule has 0 aromatic heterocycles. The minimum absolute atomic E-state index is 0.359. The van der Waals surface area contributed by atoms with E-state index in [-0.39, 0.29) is 23.6 Å². The lowest BCUT2D eigenvalue weighted by atomic mass is 10.0. The van der Waals surface area contributed by atoms with E-state index in [0.717, 1.165) is 11.1 Å². The number of imide groups is 2. The second-order valence-corrected chi connectivity index (χ2v) is 9.29. The van der Waals surface area contributed by atoms with Gasteiger partial charge in [-0.3, -0.25) is 19.2 Å². The van der Waals surface area contributed by atoms with E-state index in [9.17, 15) is 19.2 Å². The Morgan fingerprint density at radius 1 is 0.487 bits per heavy atom. The van der Waals surface area contributed by atoms with E-state index in [0.29, 0.717) is 40.1 Å². The predicted molar refractivity (Wildman–Crippen MR) is 158 cm³/mol. The van der Waals surface area contributed by atoms with Crippen LogP contribution in [0.2, 0.25) is 0 Å². The zero-order valence-electron chi connectivity index (χ0n) is 24.2. The molecule has 0 fully saturated rings. The third kappa shape index (κ3) is 7.38. The number of benzene rings is 2. The minimum atomic E-state index is -0.359. The van der Waals surface area contributed by atoms with Gasteiger partial charge in [-0.25, -0.2) is 9.80 Å². The molecular weight excluding hydrogens is 488 g/mol. The Hall–Kier alpha value is -4.32. The molecule has 0 saturated carbocycles. The van der Waals surface area contributed by atoms with Crippen LogP contribution >= 0.6 is 0 Å². The summed E-state index contributed by atoms with van der Waals surface area (Å²) in [5, 5.41) is 0. The summed E-state index contributed by atoms with van der Waals surface area (Å²) in [4.78, 5) is 54.3. The summed E-state index contributed by atoms with van der Waals surface area (Å²) >= 11 is 0. The van der Waals surface area contributed by atoms with Crippen LogP contribution in [0.25, 0.3) is 0 Å². The van der Waals surface area contributed by atoms with Gasteiger partial charge in [0.15, 0.2) is 0 Å². The normalized spacial score (nSPS) is 12.7. The van der Waals surface area contributed by atoms with Crippen LogP contribution in [-0.2, 0) is 25.6 Å². The summed E-state index contributed by atoms with van der Waals surface area (Å²) in [5.41, 5.74) is 4.89. The van der Waals surface area contributed by atoms with Gasteiger partial charge in [0.2, 0.25) is 0 Å². The number of amides is 4. The number of carbonyl (C=O) groups is 4. The molecule has 204 valence electrons. The largest absolute Gasteiger partial charge is 0.269 e. The summed E-state index contributed by atoms with van der Waals surface area (Å²) < 4.78 is 0. The number of anilines is 2. The first-order chi connectivity index (χ1) is 18.5. The lowest BCUT2D eigenvalue weighted by Crippen LogP contribution is -2.38. The molecule has 0 radical (unpaired) electrons. The Bertz CT molecular complexity index is 1190. The molecule has 0 bridgehead atoms. The van der Waals surface area contributed by atoms with Crippen LogP contribution < -0.4 is 9.80 Å². The van der Waals surface area contributed by atoms with Gasteiger partial charge in [0.25, 0.3) is 23.6 Å². The number of nitrogens with zero attached hydrogens (tertiary/aromatic N) is 2. The third-order valence-corrected chi connectivity index (χ3v) is 6.69. The summed E-state index contributed by atoms with van der Waals surface area (Å²) in [6.45, 7) is 13.8. The van der Waals surface area contributed by atoms with Gasteiger partial charge in [-0.1, -0.05) is 48.6 Å². The van der Waals surface area contributed by atoms with E-state index in [2.05, 4.69) is 0 Å². The van der Waals surface area contributed by atoms with Gasteiger partial charge in [0, 0.05) is 22.3 Å². The highest BCUT2D eigenvalue weighted by atomic mass is 16.2. The van der Waals surface area contributed by atoms with E-state index in [1.807, 2.05) is 24.3 Å². The third-order valence-electron chi connectivity index (χ3n) is 6.69. The first-order valence-corrected chi connectivity index (χ1v) is 13.0. The van der Waals surface area contributed by atoms with Crippen LogP contribution in [0, 0.1) is 0 Å². The number of hydrogen-bond donors (Lipinski definition) is 0. The van der Waals surface area contributed by atoms with E-state index in [1.54, 1.807) is 104 Å². The molecule has 0 aliphatic rings. The maximum atomic E-state index is 13.0. The molecule has 0 aliphatic heterocycles. The molecular formula is C33H38N2O4. The van der Waals surface area contributed by atoms with Crippen molar-refractivity contribution in [1.29, 1.82) is 0 Å². The van der Waals surface area contributed by atoms with Crippen LogP contribution in [0.1, 0.15) is 66.5 Å². The maximum absolute atomic E-state index is 13.0. The predicted octanol–water partition coefficient (Wildman–Crippen LogP) is 6.86. The highest BCUT2D eigenvalue weighted by Gasteiger charge is 2.26.